The zero-order valence-corrected chi connectivity index (χ0v) is 16.2. The molecule has 0 bridgehead atoms. The van der Waals surface area contributed by atoms with Crippen LogP contribution < -0.4 is 5.73 Å². The van der Waals surface area contributed by atoms with Crippen LogP contribution in [0.1, 0.15) is 27.0 Å². The van der Waals surface area contributed by atoms with Crippen LogP contribution in [0, 0.1) is 5.82 Å². The smallest absolute Gasteiger partial charge is 0.341 e. The first kappa shape index (κ1) is 19.1. The second-order valence-electron chi connectivity index (χ2n) is 6.61. The van der Waals surface area contributed by atoms with Crippen LogP contribution >= 0.6 is 11.3 Å². The molecule has 1 heterocycles. The van der Waals surface area contributed by atoms with Crippen LogP contribution in [0.5, 0.6) is 5.75 Å². The Kier molecular flexibility index (Phi) is 5.34. The molecular weight excluding hydrogens is 367 g/mol. The van der Waals surface area contributed by atoms with Gasteiger partial charge in [-0.15, -0.1) is 11.3 Å². The van der Waals surface area contributed by atoms with Gasteiger partial charge < -0.3 is 20.5 Å². The summed E-state index contributed by atoms with van der Waals surface area (Å²) in [5, 5.41) is 11.6. The highest BCUT2D eigenvalue weighted by atomic mass is 32.1. The average Bonchev–Trinajstić information content (AvgIpc) is 2.95. The molecule has 0 atom stereocenters. The lowest BCUT2D eigenvalue weighted by atomic mass is 9.96. The molecule has 2 aromatic carbocycles. The van der Waals surface area contributed by atoms with Crippen molar-refractivity contribution in [2.24, 2.45) is 0 Å². The van der Waals surface area contributed by atoms with Gasteiger partial charge in [0.2, 0.25) is 0 Å². The van der Waals surface area contributed by atoms with Crippen LogP contribution in [-0.4, -0.2) is 37.2 Å². The van der Waals surface area contributed by atoms with Gasteiger partial charge in [0.05, 0.1) is 7.11 Å². The molecule has 0 radical (unpaired) electrons. The van der Waals surface area contributed by atoms with Gasteiger partial charge in [-0.05, 0) is 49.8 Å². The monoisotopic (exact) mass is 388 g/mol. The Morgan fingerprint density at radius 1 is 1.33 bits per heavy atom. The van der Waals surface area contributed by atoms with E-state index in [1.54, 1.807) is 18.2 Å². The number of phenols is 1. The minimum Gasteiger partial charge on any atom is -0.508 e. The summed E-state index contributed by atoms with van der Waals surface area (Å²) >= 11 is 1.25. The maximum atomic E-state index is 13.6. The Bertz CT molecular complexity index is 1010. The van der Waals surface area contributed by atoms with Crippen LogP contribution in [0.3, 0.4) is 0 Å². The van der Waals surface area contributed by atoms with Crippen molar-refractivity contribution < 1.29 is 19.0 Å². The van der Waals surface area contributed by atoms with Gasteiger partial charge >= 0.3 is 5.97 Å². The second-order valence-corrected chi connectivity index (χ2v) is 7.67. The molecule has 3 aromatic rings. The molecule has 0 aliphatic rings. The topological polar surface area (TPSA) is 75.8 Å². The number of nitrogens with two attached hydrogens (primary N) is 1. The van der Waals surface area contributed by atoms with Gasteiger partial charge in [-0.3, -0.25) is 0 Å². The number of anilines is 1. The first-order valence-corrected chi connectivity index (χ1v) is 9.16. The molecule has 142 valence electrons. The van der Waals surface area contributed by atoms with E-state index in [1.807, 2.05) is 19.0 Å². The average molecular weight is 388 g/mol. The van der Waals surface area contributed by atoms with Gasteiger partial charge in [-0.25, -0.2) is 9.18 Å². The molecule has 0 amide bonds. The maximum absolute atomic E-state index is 13.6. The Morgan fingerprint density at radius 2 is 2.07 bits per heavy atom. The number of thiophene rings is 1. The number of hydrogen-bond acceptors (Lipinski definition) is 6. The molecule has 0 unspecified atom stereocenters. The number of phenolic OH excluding ortho intramolecular Hbond substituents is 1. The zero-order valence-electron chi connectivity index (χ0n) is 15.4. The van der Waals surface area contributed by atoms with Crippen molar-refractivity contribution >= 4 is 32.4 Å². The summed E-state index contributed by atoms with van der Waals surface area (Å²) in [5.74, 6) is -0.740. The summed E-state index contributed by atoms with van der Waals surface area (Å²) in [6.07, 6.45) is 0.351. The molecule has 3 rings (SSSR count). The minimum atomic E-state index is -0.527. The van der Waals surface area contributed by atoms with E-state index in [2.05, 4.69) is 0 Å². The quantitative estimate of drug-likeness (QED) is 0.651. The third kappa shape index (κ3) is 3.74. The number of aromatic hydroxyl groups is 1. The van der Waals surface area contributed by atoms with Gasteiger partial charge in [0.1, 0.15) is 22.1 Å². The standard InChI is InChI=1S/C20H21FN2O3S/c1-23(2)10-14-15(24)9-12(7-11-5-4-6-13(21)8-11)16-17(20(25)26-3)19(22)27-18(14)16/h4-6,8-9,24H,7,10,22H2,1-3H3. The van der Waals surface area contributed by atoms with Crippen LogP contribution in [0.25, 0.3) is 10.1 Å². The van der Waals surface area contributed by atoms with Crippen molar-refractivity contribution in [3.8, 4) is 5.75 Å². The minimum absolute atomic E-state index is 0.125. The Labute approximate surface area is 160 Å². The predicted molar refractivity (Wildman–Crippen MR) is 106 cm³/mol. The van der Waals surface area contributed by atoms with Crippen molar-refractivity contribution in [1.82, 2.24) is 4.90 Å². The van der Waals surface area contributed by atoms with Crippen molar-refractivity contribution in [3.05, 3.63) is 58.4 Å². The number of halogens is 1. The molecule has 0 spiro atoms. The Morgan fingerprint density at radius 3 is 2.70 bits per heavy atom. The molecule has 7 heteroatoms. The summed E-state index contributed by atoms with van der Waals surface area (Å²) in [6, 6.07) is 7.87. The highest BCUT2D eigenvalue weighted by molar-refractivity contribution is 7.23. The SMILES string of the molecule is COC(=O)c1c(N)sc2c(CN(C)C)c(O)cc(Cc3cccc(F)c3)c12. The van der Waals surface area contributed by atoms with E-state index >= 15 is 0 Å². The predicted octanol–water partition coefficient (Wildman–Crippen LogP) is 3.77. The van der Waals surface area contributed by atoms with Crippen LogP contribution in [0.15, 0.2) is 30.3 Å². The van der Waals surface area contributed by atoms with Crippen molar-refractivity contribution in [3.63, 3.8) is 0 Å². The number of rotatable bonds is 5. The van der Waals surface area contributed by atoms with Crippen molar-refractivity contribution in [2.75, 3.05) is 26.9 Å². The summed E-state index contributed by atoms with van der Waals surface area (Å²) in [5.41, 5.74) is 8.55. The molecule has 0 saturated heterocycles. The van der Waals surface area contributed by atoms with Crippen LogP contribution in [0.2, 0.25) is 0 Å². The number of methoxy groups -OCH3 is 1. The second kappa shape index (κ2) is 7.54. The molecule has 27 heavy (non-hydrogen) atoms. The van der Waals surface area contributed by atoms with E-state index in [-0.39, 0.29) is 11.6 Å². The van der Waals surface area contributed by atoms with Crippen molar-refractivity contribution in [1.29, 1.82) is 0 Å². The van der Waals surface area contributed by atoms with Crippen LogP contribution in [0.4, 0.5) is 9.39 Å². The fraction of sp³-hybridized carbons (Fsp3) is 0.250. The molecular formula is C20H21FN2O3S. The number of nitrogens with zero attached hydrogens (tertiary/aromatic N) is 1. The summed E-state index contributed by atoms with van der Waals surface area (Å²) in [6.45, 7) is 0.489. The fourth-order valence-corrected chi connectivity index (χ4v) is 4.32. The number of esters is 1. The number of ether oxygens (including phenoxy) is 1. The number of benzene rings is 2. The first-order chi connectivity index (χ1) is 12.8. The third-order valence-electron chi connectivity index (χ3n) is 4.30. The third-order valence-corrected chi connectivity index (χ3v) is 5.38. The van der Waals surface area contributed by atoms with E-state index in [1.165, 1.54) is 30.6 Å². The highest BCUT2D eigenvalue weighted by Gasteiger charge is 2.24. The lowest BCUT2D eigenvalue weighted by Crippen LogP contribution is -2.11. The largest absolute Gasteiger partial charge is 0.508 e. The lowest BCUT2D eigenvalue weighted by Gasteiger charge is -2.15. The summed E-state index contributed by atoms with van der Waals surface area (Å²) in [4.78, 5) is 14.3. The van der Waals surface area contributed by atoms with Crippen molar-refractivity contribution in [2.45, 2.75) is 13.0 Å². The molecule has 1 aromatic heterocycles. The van der Waals surface area contributed by atoms with E-state index in [9.17, 15) is 14.3 Å². The lowest BCUT2D eigenvalue weighted by molar-refractivity contribution is 0.0604. The van der Waals surface area contributed by atoms with Gasteiger partial charge in [0, 0.05) is 22.2 Å². The Hall–Kier alpha value is -2.64. The Balaban J connectivity index is 2.27. The molecule has 0 saturated carbocycles. The zero-order chi connectivity index (χ0) is 19.7. The number of hydrogen-bond donors (Lipinski definition) is 2. The van der Waals surface area contributed by atoms with E-state index in [4.69, 9.17) is 10.5 Å². The normalized spacial score (nSPS) is 11.3. The maximum Gasteiger partial charge on any atom is 0.341 e. The number of nitrogen functional groups attached to an aromatic ring is 1. The fourth-order valence-electron chi connectivity index (χ4n) is 3.19. The molecule has 0 fully saturated rings. The van der Waals surface area contributed by atoms with Gasteiger partial charge in [-0.2, -0.15) is 0 Å². The summed E-state index contributed by atoms with van der Waals surface area (Å²) in [7, 11) is 5.09. The highest BCUT2D eigenvalue weighted by Crippen LogP contribution is 2.42. The molecule has 5 nitrogen and oxygen atoms in total. The van der Waals surface area contributed by atoms with Gasteiger partial charge in [0.15, 0.2) is 0 Å². The van der Waals surface area contributed by atoms with Gasteiger partial charge in [0.25, 0.3) is 0 Å². The van der Waals surface area contributed by atoms with E-state index in [0.717, 1.165) is 10.3 Å². The number of carbonyl (C=O) groups is 1. The first-order valence-electron chi connectivity index (χ1n) is 8.35. The number of carbonyl (C=O) groups excluding carboxylic acids is 1. The summed E-state index contributed by atoms with van der Waals surface area (Å²) < 4.78 is 19.2. The van der Waals surface area contributed by atoms with E-state index in [0.29, 0.717) is 40.0 Å². The number of fused-ring (bicyclic) bond motifs is 1. The molecule has 0 aliphatic carbocycles. The molecule has 0 aliphatic heterocycles. The van der Waals surface area contributed by atoms with Gasteiger partial charge in [-0.1, -0.05) is 12.1 Å². The molecule has 3 N–H and O–H groups in total. The van der Waals surface area contributed by atoms with E-state index < -0.39 is 5.97 Å². The van der Waals surface area contributed by atoms with Crippen LogP contribution in [-0.2, 0) is 17.7 Å².